The fourth-order valence-corrected chi connectivity index (χ4v) is 2.45. The van der Waals surface area contributed by atoms with Crippen LogP contribution in [-0.2, 0) is 0 Å². The van der Waals surface area contributed by atoms with Gasteiger partial charge >= 0.3 is 6.61 Å². The minimum Gasteiger partial charge on any atom is -0.434 e. The lowest BCUT2D eigenvalue weighted by molar-refractivity contribution is -0.0507. The number of hydrogen-bond donors (Lipinski definition) is 2. The molecule has 1 saturated carbocycles. The van der Waals surface area contributed by atoms with Crippen molar-refractivity contribution in [3.05, 3.63) is 29.8 Å². The van der Waals surface area contributed by atoms with Crippen LogP contribution in [0.2, 0.25) is 0 Å². The van der Waals surface area contributed by atoms with Gasteiger partial charge in [0.05, 0.1) is 0 Å². The number of nitrogens with one attached hydrogen (secondary N) is 1. The van der Waals surface area contributed by atoms with Crippen LogP contribution in [0.5, 0.6) is 5.75 Å². The molecule has 3 N–H and O–H groups in total. The molecule has 0 saturated heterocycles. The highest BCUT2D eigenvalue weighted by Gasteiger charge is 2.28. The van der Waals surface area contributed by atoms with Crippen molar-refractivity contribution in [2.24, 2.45) is 17.6 Å². The lowest BCUT2D eigenvalue weighted by Gasteiger charge is -2.22. The predicted octanol–water partition coefficient (Wildman–Crippen LogP) is 2.92. The van der Waals surface area contributed by atoms with E-state index in [1.54, 1.807) is 18.2 Å². The lowest BCUT2D eigenvalue weighted by Crippen LogP contribution is -2.32. The number of hydrogen-bond acceptors (Lipinski definition) is 3. The first-order valence-corrected chi connectivity index (χ1v) is 7.09. The van der Waals surface area contributed by atoms with Gasteiger partial charge in [-0.2, -0.15) is 8.78 Å². The Kier molecular flexibility index (Phi) is 5.31. The molecule has 2 atom stereocenters. The van der Waals surface area contributed by atoms with Gasteiger partial charge in [-0.15, -0.1) is 0 Å². The molecule has 1 aliphatic rings. The maximum atomic E-state index is 12.4. The molecule has 1 aromatic rings. The van der Waals surface area contributed by atoms with Crippen LogP contribution in [0.1, 0.15) is 31.4 Å². The summed E-state index contributed by atoms with van der Waals surface area (Å²) in [7, 11) is 0. The second-order valence-electron chi connectivity index (χ2n) is 5.43. The summed E-state index contributed by atoms with van der Waals surface area (Å²) in [5.41, 5.74) is 6.47. The molecular weight excluding hydrogens is 262 g/mol. The normalized spacial score (nSPS) is 18.1. The van der Waals surface area contributed by atoms with Gasteiger partial charge in [-0.3, -0.25) is 0 Å². The third kappa shape index (κ3) is 4.15. The zero-order valence-electron chi connectivity index (χ0n) is 11.7. The molecule has 5 heteroatoms. The van der Waals surface area contributed by atoms with Crippen LogP contribution in [0, 0.1) is 11.8 Å². The SMILES string of the molecule is CC(CNC(CN)c1ccccc1OC(F)F)C1CC1. The molecule has 0 amide bonds. The Morgan fingerprint density at radius 3 is 2.65 bits per heavy atom. The minimum absolute atomic E-state index is 0.161. The third-order valence-corrected chi connectivity index (χ3v) is 3.86. The van der Waals surface area contributed by atoms with Gasteiger partial charge in [0, 0.05) is 18.2 Å². The molecule has 2 unspecified atom stereocenters. The maximum absolute atomic E-state index is 12.4. The van der Waals surface area contributed by atoms with E-state index in [9.17, 15) is 8.78 Å². The number of halogens is 2. The van der Waals surface area contributed by atoms with Gasteiger partial charge in [0.1, 0.15) is 5.75 Å². The molecule has 3 nitrogen and oxygen atoms in total. The van der Waals surface area contributed by atoms with E-state index in [2.05, 4.69) is 17.0 Å². The highest BCUT2D eigenvalue weighted by Crippen LogP contribution is 2.36. The van der Waals surface area contributed by atoms with E-state index in [0.29, 0.717) is 18.0 Å². The van der Waals surface area contributed by atoms with Gasteiger partial charge in [-0.25, -0.2) is 0 Å². The number of ether oxygens (including phenoxy) is 1. The van der Waals surface area contributed by atoms with Gasteiger partial charge in [0.2, 0.25) is 0 Å². The summed E-state index contributed by atoms with van der Waals surface area (Å²) in [4.78, 5) is 0. The highest BCUT2D eigenvalue weighted by atomic mass is 19.3. The van der Waals surface area contributed by atoms with Crippen LogP contribution in [0.3, 0.4) is 0 Å². The van der Waals surface area contributed by atoms with Crippen molar-refractivity contribution in [1.29, 1.82) is 0 Å². The average Bonchev–Trinajstić information content (AvgIpc) is 3.24. The number of alkyl halides is 2. The Bertz CT molecular complexity index is 424. The smallest absolute Gasteiger partial charge is 0.387 e. The van der Waals surface area contributed by atoms with E-state index < -0.39 is 6.61 Å². The van der Waals surface area contributed by atoms with Crippen molar-refractivity contribution < 1.29 is 13.5 Å². The Morgan fingerprint density at radius 1 is 1.35 bits per heavy atom. The van der Waals surface area contributed by atoms with Gasteiger partial charge in [0.25, 0.3) is 0 Å². The topological polar surface area (TPSA) is 47.3 Å². The quantitative estimate of drug-likeness (QED) is 0.771. The van der Waals surface area contributed by atoms with Gasteiger partial charge < -0.3 is 15.8 Å². The zero-order chi connectivity index (χ0) is 14.5. The van der Waals surface area contributed by atoms with E-state index in [-0.39, 0.29) is 11.8 Å². The van der Waals surface area contributed by atoms with Crippen molar-refractivity contribution >= 4 is 0 Å². The van der Waals surface area contributed by atoms with Crippen LogP contribution in [0.4, 0.5) is 8.78 Å². The molecule has 0 radical (unpaired) electrons. The molecule has 112 valence electrons. The summed E-state index contributed by atoms with van der Waals surface area (Å²) >= 11 is 0. The van der Waals surface area contributed by atoms with Gasteiger partial charge in [-0.1, -0.05) is 25.1 Å². The Balaban J connectivity index is 2.01. The van der Waals surface area contributed by atoms with Crippen LogP contribution in [0.15, 0.2) is 24.3 Å². The van der Waals surface area contributed by atoms with E-state index in [1.807, 2.05) is 6.07 Å². The summed E-state index contributed by atoms with van der Waals surface area (Å²) in [6.45, 7) is 0.580. The molecule has 20 heavy (non-hydrogen) atoms. The third-order valence-electron chi connectivity index (χ3n) is 3.86. The van der Waals surface area contributed by atoms with Crippen molar-refractivity contribution in [2.45, 2.75) is 32.4 Å². The largest absolute Gasteiger partial charge is 0.434 e. The second kappa shape index (κ2) is 6.99. The average molecular weight is 284 g/mol. The van der Waals surface area contributed by atoms with Gasteiger partial charge in [-0.05, 0) is 37.3 Å². The van der Waals surface area contributed by atoms with E-state index in [0.717, 1.165) is 12.5 Å². The summed E-state index contributed by atoms with van der Waals surface area (Å²) in [5.74, 6) is 1.59. The maximum Gasteiger partial charge on any atom is 0.387 e. The number of rotatable bonds is 8. The van der Waals surface area contributed by atoms with Crippen LogP contribution in [0.25, 0.3) is 0 Å². The number of nitrogens with two attached hydrogens (primary N) is 1. The van der Waals surface area contributed by atoms with Crippen molar-refractivity contribution in [3.8, 4) is 5.75 Å². The molecular formula is C15H22F2N2O. The second-order valence-corrected chi connectivity index (χ2v) is 5.43. The highest BCUT2D eigenvalue weighted by molar-refractivity contribution is 5.36. The number of benzene rings is 1. The predicted molar refractivity (Wildman–Crippen MR) is 74.8 cm³/mol. The zero-order valence-corrected chi connectivity index (χ0v) is 11.7. The minimum atomic E-state index is -2.82. The van der Waals surface area contributed by atoms with Crippen LogP contribution < -0.4 is 15.8 Å². The van der Waals surface area contributed by atoms with Crippen molar-refractivity contribution in [1.82, 2.24) is 5.32 Å². The molecule has 1 aromatic carbocycles. The molecule has 2 rings (SSSR count). The Labute approximate surface area is 118 Å². The van der Waals surface area contributed by atoms with Crippen molar-refractivity contribution in [2.75, 3.05) is 13.1 Å². The van der Waals surface area contributed by atoms with Crippen molar-refractivity contribution in [3.63, 3.8) is 0 Å². The lowest BCUT2D eigenvalue weighted by atomic mass is 10.0. The first-order valence-electron chi connectivity index (χ1n) is 7.09. The van der Waals surface area contributed by atoms with Crippen LogP contribution >= 0.6 is 0 Å². The van der Waals surface area contributed by atoms with E-state index in [4.69, 9.17) is 5.73 Å². The molecule has 0 heterocycles. The standard InChI is InChI=1S/C15H22F2N2O/c1-10(11-6-7-11)9-19-13(8-18)12-4-2-3-5-14(12)20-15(16)17/h2-5,10-11,13,15,19H,6-9,18H2,1H3. The summed E-state index contributed by atoms with van der Waals surface area (Å²) in [6.07, 6.45) is 2.59. The molecule has 0 aromatic heterocycles. The first-order chi connectivity index (χ1) is 9.61. The monoisotopic (exact) mass is 284 g/mol. The molecule has 0 spiro atoms. The fraction of sp³-hybridized carbons (Fsp3) is 0.600. The molecule has 1 fully saturated rings. The fourth-order valence-electron chi connectivity index (χ4n) is 2.45. The van der Waals surface area contributed by atoms with E-state index in [1.165, 1.54) is 12.8 Å². The summed E-state index contributed by atoms with van der Waals surface area (Å²) < 4.78 is 29.4. The summed E-state index contributed by atoms with van der Waals surface area (Å²) in [5, 5.41) is 3.37. The Hall–Kier alpha value is -1.20. The van der Waals surface area contributed by atoms with Crippen LogP contribution in [-0.4, -0.2) is 19.7 Å². The molecule has 1 aliphatic carbocycles. The molecule has 0 bridgehead atoms. The van der Waals surface area contributed by atoms with E-state index >= 15 is 0 Å². The number of para-hydroxylation sites is 1. The Morgan fingerprint density at radius 2 is 2.05 bits per heavy atom. The first kappa shape index (κ1) is 15.2. The van der Waals surface area contributed by atoms with Gasteiger partial charge in [0.15, 0.2) is 0 Å². The molecule has 0 aliphatic heterocycles. The summed E-state index contributed by atoms with van der Waals surface area (Å²) in [6, 6.07) is 6.66.